The average molecular weight is 361 g/mol. The molecule has 0 aliphatic heterocycles. The molecule has 130 valence electrons. The third-order valence-electron chi connectivity index (χ3n) is 3.33. The molecule has 1 N–H and O–H groups in total. The van der Waals surface area contributed by atoms with Crippen LogP contribution in [0.2, 0.25) is 0 Å². The molecule has 6 nitrogen and oxygen atoms in total. The number of thiophene rings is 1. The fourth-order valence-electron chi connectivity index (χ4n) is 2.09. The summed E-state index contributed by atoms with van der Waals surface area (Å²) in [7, 11) is 0. The predicted molar refractivity (Wildman–Crippen MR) is 90.8 cm³/mol. The Labute approximate surface area is 147 Å². The van der Waals surface area contributed by atoms with Crippen molar-refractivity contribution in [2.45, 2.75) is 12.8 Å². The van der Waals surface area contributed by atoms with Crippen LogP contribution in [0.1, 0.15) is 12.3 Å². The topological polar surface area (TPSA) is 77.2 Å². The van der Waals surface area contributed by atoms with Gasteiger partial charge in [0.2, 0.25) is 17.6 Å². The molecule has 25 heavy (non-hydrogen) atoms. The summed E-state index contributed by atoms with van der Waals surface area (Å²) in [5.74, 6) is 0.525. The third kappa shape index (κ3) is 4.87. The molecule has 2 aromatic heterocycles. The van der Waals surface area contributed by atoms with Crippen molar-refractivity contribution in [3.05, 3.63) is 52.8 Å². The number of nitrogens with zero attached hydrogens (tertiary/aromatic N) is 2. The first-order valence-corrected chi connectivity index (χ1v) is 8.66. The molecule has 0 aliphatic rings. The van der Waals surface area contributed by atoms with Crippen LogP contribution < -0.4 is 10.1 Å². The molecular formula is C17H16FN3O3S. The molecule has 3 rings (SSSR count). The fraction of sp³-hybridized carbons (Fsp3) is 0.235. The molecule has 0 radical (unpaired) electrons. The van der Waals surface area contributed by atoms with Gasteiger partial charge in [-0.05, 0) is 23.6 Å². The Kier molecular flexibility index (Phi) is 5.73. The third-order valence-corrected chi connectivity index (χ3v) is 4.02. The number of hydrogen-bond donors (Lipinski definition) is 1. The van der Waals surface area contributed by atoms with E-state index in [0.717, 1.165) is 5.56 Å². The van der Waals surface area contributed by atoms with E-state index in [4.69, 9.17) is 9.26 Å². The Morgan fingerprint density at radius 3 is 3.00 bits per heavy atom. The van der Waals surface area contributed by atoms with Gasteiger partial charge in [0.1, 0.15) is 6.61 Å². The van der Waals surface area contributed by atoms with Gasteiger partial charge in [-0.25, -0.2) is 4.39 Å². The van der Waals surface area contributed by atoms with Crippen LogP contribution in [0, 0.1) is 5.82 Å². The minimum atomic E-state index is -0.424. The molecule has 2 heterocycles. The highest BCUT2D eigenvalue weighted by molar-refractivity contribution is 7.08. The van der Waals surface area contributed by atoms with Gasteiger partial charge in [-0.2, -0.15) is 16.3 Å². The van der Waals surface area contributed by atoms with E-state index in [0.29, 0.717) is 18.1 Å². The average Bonchev–Trinajstić information content (AvgIpc) is 3.29. The molecule has 1 amide bonds. The Bertz CT molecular complexity index is 820. The lowest BCUT2D eigenvalue weighted by molar-refractivity contribution is -0.121. The normalized spacial score (nSPS) is 10.6. The van der Waals surface area contributed by atoms with Crippen LogP contribution in [0.15, 0.2) is 45.6 Å². The number of para-hydroxylation sites is 1. The van der Waals surface area contributed by atoms with Gasteiger partial charge in [0, 0.05) is 23.8 Å². The lowest BCUT2D eigenvalue weighted by Gasteiger charge is -2.07. The predicted octanol–water partition coefficient (Wildman–Crippen LogP) is 3.07. The van der Waals surface area contributed by atoms with Crippen LogP contribution >= 0.6 is 11.3 Å². The highest BCUT2D eigenvalue weighted by Gasteiger charge is 2.11. The number of hydrogen-bond acceptors (Lipinski definition) is 6. The Morgan fingerprint density at radius 1 is 1.32 bits per heavy atom. The van der Waals surface area contributed by atoms with Crippen molar-refractivity contribution in [3.8, 4) is 17.1 Å². The zero-order valence-electron chi connectivity index (χ0n) is 13.3. The second kappa shape index (κ2) is 8.39. The molecule has 0 saturated carbocycles. The summed E-state index contributed by atoms with van der Waals surface area (Å²) in [4.78, 5) is 16.1. The van der Waals surface area contributed by atoms with Crippen molar-refractivity contribution in [2.75, 3.05) is 13.2 Å². The second-order valence-corrected chi connectivity index (χ2v) is 5.93. The number of carbonyl (C=O) groups excluding carboxylic acids is 1. The van der Waals surface area contributed by atoms with E-state index in [1.165, 1.54) is 12.1 Å². The minimum absolute atomic E-state index is 0.160. The van der Waals surface area contributed by atoms with Gasteiger partial charge in [0.05, 0.1) is 6.54 Å². The van der Waals surface area contributed by atoms with Gasteiger partial charge in [-0.1, -0.05) is 17.3 Å². The van der Waals surface area contributed by atoms with Gasteiger partial charge in [-0.3, -0.25) is 4.79 Å². The van der Waals surface area contributed by atoms with E-state index in [2.05, 4.69) is 15.5 Å². The molecule has 0 saturated heterocycles. The SMILES string of the molecule is O=C(CCc1nc(-c2ccsc2)no1)NCCOc1ccccc1F. The summed E-state index contributed by atoms with van der Waals surface area (Å²) in [6.07, 6.45) is 0.585. The molecule has 0 unspecified atom stereocenters. The first-order valence-electron chi connectivity index (χ1n) is 7.71. The molecular weight excluding hydrogens is 345 g/mol. The maximum Gasteiger partial charge on any atom is 0.227 e. The van der Waals surface area contributed by atoms with Crippen LogP contribution in [-0.4, -0.2) is 29.2 Å². The van der Waals surface area contributed by atoms with Gasteiger partial charge in [0.25, 0.3) is 0 Å². The Hall–Kier alpha value is -2.74. The number of amides is 1. The van der Waals surface area contributed by atoms with E-state index in [1.807, 2.05) is 16.8 Å². The van der Waals surface area contributed by atoms with E-state index >= 15 is 0 Å². The minimum Gasteiger partial charge on any atom is -0.489 e. The van der Waals surface area contributed by atoms with E-state index in [9.17, 15) is 9.18 Å². The standard InChI is InChI=1S/C17H16FN3O3S/c18-13-3-1-2-4-14(13)23-9-8-19-15(22)5-6-16-20-17(21-24-16)12-7-10-25-11-12/h1-4,7,10-11H,5-6,8-9H2,(H,19,22). The number of benzene rings is 1. The van der Waals surface area contributed by atoms with E-state index in [-0.39, 0.29) is 31.2 Å². The van der Waals surface area contributed by atoms with Crippen LogP contribution in [0.5, 0.6) is 5.75 Å². The molecule has 0 spiro atoms. The highest BCUT2D eigenvalue weighted by atomic mass is 32.1. The first kappa shape index (κ1) is 17.1. The highest BCUT2D eigenvalue weighted by Crippen LogP contribution is 2.19. The van der Waals surface area contributed by atoms with E-state index < -0.39 is 5.82 Å². The number of aromatic nitrogens is 2. The second-order valence-electron chi connectivity index (χ2n) is 5.15. The van der Waals surface area contributed by atoms with Crippen LogP contribution in [0.25, 0.3) is 11.4 Å². The number of ether oxygens (including phenoxy) is 1. The van der Waals surface area contributed by atoms with Crippen LogP contribution in [-0.2, 0) is 11.2 Å². The summed E-state index contributed by atoms with van der Waals surface area (Å²) in [5.41, 5.74) is 0.898. The first-order chi connectivity index (χ1) is 12.2. The molecule has 3 aromatic rings. The molecule has 0 fully saturated rings. The monoisotopic (exact) mass is 361 g/mol. The number of aryl methyl sites for hydroxylation is 1. The van der Waals surface area contributed by atoms with Crippen molar-refractivity contribution in [3.63, 3.8) is 0 Å². The quantitative estimate of drug-likeness (QED) is 0.624. The van der Waals surface area contributed by atoms with Gasteiger partial charge >= 0.3 is 0 Å². The summed E-state index contributed by atoms with van der Waals surface area (Å²) in [5, 5.41) is 10.4. The summed E-state index contributed by atoms with van der Waals surface area (Å²) < 4.78 is 23.8. The molecule has 0 atom stereocenters. The van der Waals surface area contributed by atoms with Crippen molar-refractivity contribution >= 4 is 17.2 Å². The smallest absolute Gasteiger partial charge is 0.227 e. The maximum absolute atomic E-state index is 13.4. The molecule has 1 aromatic carbocycles. The largest absolute Gasteiger partial charge is 0.489 e. The number of nitrogens with one attached hydrogen (secondary N) is 1. The zero-order valence-corrected chi connectivity index (χ0v) is 14.1. The lowest BCUT2D eigenvalue weighted by atomic mass is 10.3. The number of rotatable bonds is 8. The van der Waals surface area contributed by atoms with E-state index in [1.54, 1.807) is 23.5 Å². The number of halogens is 1. The summed E-state index contributed by atoms with van der Waals surface area (Å²) in [6, 6.07) is 8.04. The Balaban J connectivity index is 1.36. The molecule has 8 heteroatoms. The Morgan fingerprint density at radius 2 is 2.20 bits per heavy atom. The van der Waals surface area contributed by atoms with Gasteiger partial charge in [0.15, 0.2) is 11.6 Å². The van der Waals surface area contributed by atoms with Crippen molar-refractivity contribution in [1.82, 2.24) is 15.5 Å². The van der Waals surface area contributed by atoms with Gasteiger partial charge in [-0.15, -0.1) is 0 Å². The van der Waals surface area contributed by atoms with Crippen molar-refractivity contribution < 1.29 is 18.4 Å². The molecule has 0 bridgehead atoms. The maximum atomic E-state index is 13.4. The lowest BCUT2D eigenvalue weighted by Crippen LogP contribution is -2.28. The molecule has 0 aliphatic carbocycles. The summed E-state index contributed by atoms with van der Waals surface area (Å²) in [6.45, 7) is 0.479. The van der Waals surface area contributed by atoms with Gasteiger partial charge < -0.3 is 14.6 Å². The zero-order chi connectivity index (χ0) is 17.5. The summed E-state index contributed by atoms with van der Waals surface area (Å²) >= 11 is 1.55. The number of carbonyl (C=O) groups is 1. The van der Waals surface area contributed by atoms with Crippen molar-refractivity contribution in [1.29, 1.82) is 0 Å². The fourth-order valence-corrected chi connectivity index (χ4v) is 2.72. The van der Waals surface area contributed by atoms with Crippen molar-refractivity contribution in [2.24, 2.45) is 0 Å². The van der Waals surface area contributed by atoms with Crippen LogP contribution in [0.4, 0.5) is 4.39 Å². The van der Waals surface area contributed by atoms with Crippen LogP contribution in [0.3, 0.4) is 0 Å².